The molecule has 0 saturated heterocycles. The summed E-state index contributed by atoms with van der Waals surface area (Å²) in [5.41, 5.74) is 4.95. The van der Waals surface area contributed by atoms with E-state index in [2.05, 4.69) is 22.0 Å². The number of rotatable bonds is 4. The minimum absolute atomic E-state index is 0.169. The zero-order valence-corrected chi connectivity index (χ0v) is 16.5. The molecule has 2 aromatic carbocycles. The molecule has 5 heteroatoms. The van der Waals surface area contributed by atoms with Crippen molar-refractivity contribution in [1.29, 1.82) is 0 Å². The Morgan fingerprint density at radius 2 is 1.53 bits per heavy atom. The number of amides is 2. The summed E-state index contributed by atoms with van der Waals surface area (Å²) >= 11 is 0. The minimum atomic E-state index is -0.259. The van der Waals surface area contributed by atoms with Crippen molar-refractivity contribution in [2.75, 3.05) is 6.54 Å². The fraction of sp³-hybridized carbons (Fsp3) is 0.160. The first kappa shape index (κ1) is 18.3. The topological polar surface area (TPSA) is 53.5 Å². The van der Waals surface area contributed by atoms with Gasteiger partial charge in [-0.1, -0.05) is 60.7 Å². The summed E-state index contributed by atoms with van der Waals surface area (Å²) in [5.74, 6) is -0.505. The second-order valence-corrected chi connectivity index (χ2v) is 7.55. The number of nitrogens with zero attached hydrogens (tertiary/aromatic N) is 3. The second-order valence-electron chi connectivity index (χ2n) is 7.55. The van der Waals surface area contributed by atoms with Crippen LogP contribution in [0.3, 0.4) is 0 Å². The molecule has 0 radical (unpaired) electrons. The molecule has 5 nitrogen and oxygen atoms in total. The van der Waals surface area contributed by atoms with Gasteiger partial charge in [-0.3, -0.25) is 19.5 Å². The number of carbonyl (C=O) groups excluding carboxylic acids is 2. The fourth-order valence-corrected chi connectivity index (χ4v) is 4.21. The van der Waals surface area contributed by atoms with Gasteiger partial charge in [0.1, 0.15) is 5.70 Å². The van der Waals surface area contributed by atoms with Gasteiger partial charge in [-0.05, 0) is 35.2 Å². The Balaban J connectivity index is 1.55. The van der Waals surface area contributed by atoms with Crippen molar-refractivity contribution in [2.24, 2.45) is 0 Å². The van der Waals surface area contributed by atoms with Crippen molar-refractivity contribution in [1.82, 2.24) is 14.8 Å². The maximum absolute atomic E-state index is 13.5. The van der Waals surface area contributed by atoms with Gasteiger partial charge in [0.15, 0.2) is 0 Å². The molecule has 0 fully saturated rings. The summed E-state index contributed by atoms with van der Waals surface area (Å²) in [6.45, 7) is 1.50. The van der Waals surface area contributed by atoms with E-state index in [0.29, 0.717) is 30.1 Å². The molecule has 0 bridgehead atoms. The molecule has 0 spiro atoms. The first-order valence-corrected chi connectivity index (χ1v) is 10.1. The van der Waals surface area contributed by atoms with Gasteiger partial charge in [-0.2, -0.15) is 0 Å². The van der Waals surface area contributed by atoms with E-state index in [1.807, 2.05) is 60.7 Å². The highest BCUT2D eigenvalue weighted by atomic mass is 16.2. The quantitative estimate of drug-likeness (QED) is 0.635. The molecule has 0 saturated carbocycles. The molecule has 2 aliphatic rings. The predicted octanol–water partition coefficient (Wildman–Crippen LogP) is 3.42. The van der Waals surface area contributed by atoms with E-state index >= 15 is 0 Å². The van der Waals surface area contributed by atoms with Gasteiger partial charge in [-0.25, -0.2) is 0 Å². The standard InChI is InChI=1S/C25H21N3O2/c29-24-22(19-9-2-1-3-10-19)23(25(30)28(24)17-21-12-6-7-14-26-21)27-15-13-18-8-4-5-11-20(18)16-27/h1-12,14H,13,15-17H2. The number of hydrogen-bond donors (Lipinski definition) is 0. The van der Waals surface area contributed by atoms with Crippen LogP contribution in [0.25, 0.3) is 5.57 Å². The molecule has 148 valence electrons. The molecular formula is C25H21N3O2. The maximum atomic E-state index is 13.5. The van der Waals surface area contributed by atoms with Crippen molar-refractivity contribution >= 4 is 17.4 Å². The predicted molar refractivity (Wildman–Crippen MR) is 114 cm³/mol. The Morgan fingerprint density at radius 1 is 0.800 bits per heavy atom. The molecular weight excluding hydrogens is 374 g/mol. The molecule has 2 amide bonds. The lowest BCUT2D eigenvalue weighted by Crippen LogP contribution is -2.37. The fourth-order valence-electron chi connectivity index (χ4n) is 4.21. The molecule has 1 aromatic heterocycles. The van der Waals surface area contributed by atoms with Gasteiger partial charge in [0, 0.05) is 19.3 Å². The van der Waals surface area contributed by atoms with Crippen molar-refractivity contribution < 1.29 is 9.59 Å². The van der Waals surface area contributed by atoms with Gasteiger partial charge < -0.3 is 4.90 Å². The summed E-state index contributed by atoms with van der Waals surface area (Å²) in [7, 11) is 0. The molecule has 0 atom stereocenters. The van der Waals surface area contributed by atoms with Crippen molar-refractivity contribution in [3.05, 3.63) is 107 Å². The third kappa shape index (κ3) is 3.18. The monoisotopic (exact) mass is 395 g/mol. The SMILES string of the molecule is O=C1C(c2ccccc2)=C(N2CCc3ccccc3C2)C(=O)N1Cc1ccccn1. The lowest BCUT2D eigenvalue weighted by atomic mass is 9.98. The van der Waals surface area contributed by atoms with Crippen LogP contribution in [0.1, 0.15) is 22.4 Å². The van der Waals surface area contributed by atoms with Gasteiger partial charge in [0.2, 0.25) is 0 Å². The first-order valence-electron chi connectivity index (χ1n) is 10.1. The highest BCUT2D eigenvalue weighted by Gasteiger charge is 2.42. The summed E-state index contributed by atoms with van der Waals surface area (Å²) in [6, 6.07) is 23.3. The van der Waals surface area contributed by atoms with Crippen LogP contribution in [0.4, 0.5) is 0 Å². The van der Waals surface area contributed by atoms with Crippen LogP contribution in [0.5, 0.6) is 0 Å². The van der Waals surface area contributed by atoms with E-state index in [1.165, 1.54) is 16.0 Å². The van der Waals surface area contributed by atoms with Crippen LogP contribution in [-0.2, 0) is 29.1 Å². The van der Waals surface area contributed by atoms with Crippen LogP contribution in [0.2, 0.25) is 0 Å². The highest BCUT2D eigenvalue weighted by Crippen LogP contribution is 2.34. The van der Waals surface area contributed by atoms with E-state index in [9.17, 15) is 9.59 Å². The van der Waals surface area contributed by atoms with E-state index in [-0.39, 0.29) is 18.4 Å². The number of fused-ring (bicyclic) bond motifs is 1. The molecule has 30 heavy (non-hydrogen) atoms. The number of carbonyl (C=O) groups is 2. The third-order valence-corrected chi connectivity index (χ3v) is 5.70. The van der Waals surface area contributed by atoms with E-state index in [1.54, 1.807) is 6.20 Å². The van der Waals surface area contributed by atoms with Gasteiger partial charge in [-0.15, -0.1) is 0 Å². The molecule has 3 aromatic rings. The number of imide groups is 1. The van der Waals surface area contributed by atoms with Crippen LogP contribution in [0, 0.1) is 0 Å². The summed E-state index contributed by atoms with van der Waals surface area (Å²) in [4.78, 5) is 34.6. The molecule has 2 aliphatic heterocycles. The molecule has 3 heterocycles. The highest BCUT2D eigenvalue weighted by molar-refractivity contribution is 6.35. The van der Waals surface area contributed by atoms with Crippen LogP contribution in [-0.4, -0.2) is 33.1 Å². The lowest BCUT2D eigenvalue weighted by Gasteiger charge is -2.31. The van der Waals surface area contributed by atoms with Crippen molar-refractivity contribution in [3.8, 4) is 0 Å². The average molecular weight is 395 g/mol. The number of aromatic nitrogens is 1. The zero-order valence-electron chi connectivity index (χ0n) is 16.5. The lowest BCUT2D eigenvalue weighted by molar-refractivity contribution is -0.138. The molecule has 5 rings (SSSR count). The molecule has 0 aliphatic carbocycles. The van der Waals surface area contributed by atoms with E-state index in [4.69, 9.17) is 0 Å². The Bertz CT molecular complexity index is 1140. The van der Waals surface area contributed by atoms with Gasteiger partial charge in [0.05, 0.1) is 17.8 Å². The smallest absolute Gasteiger partial charge is 0.278 e. The normalized spacial score (nSPS) is 16.3. The second kappa shape index (κ2) is 7.59. The van der Waals surface area contributed by atoms with E-state index < -0.39 is 0 Å². The van der Waals surface area contributed by atoms with Crippen LogP contribution < -0.4 is 0 Å². The number of benzene rings is 2. The Hall–Kier alpha value is -3.73. The molecule has 0 unspecified atom stereocenters. The summed E-state index contributed by atoms with van der Waals surface area (Å²) in [6.07, 6.45) is 2.53. The zero-order chi connectivity index (χ0) is 20.5. The summed E-state index contributed by atoms with van der Waals surface area (Å²) < 4.78 is 0. The van der Waals surface area contributed by atoms with E-state index in [0.717, 1.165) is 12.0 Å². The maximum Gasteiger partial charge on any atom is 0.278 e. The number of hydrogen-bond acceptors (Lipinski definition) is 4. The van der Waals surface area contributed by atoms with Crippen molar-refractivity contribution in [2.45, 2.75) is 19.5 Å². The van der Waals surface area contributed by atoms with Gasteiger partial charge >= 0.3 is 0 Å². The summed E-state index contributed by atoms with van der Waals surface area (Å²) in [5, 5.41) is 0. The van der Waals surface area contributed by atoms with Gasteiger partial charge in [0.25, 0.3) is 11.8 Å². The Morgan fingerprint density at radius 3 is 2.30 bits per heavy atom. The third-order valence-electron chi connectivity index (χ3n) is 5.70. The molecule has 0 N–H and O–H groups in total. The van der Waals surface area contributed by atoms with Crippen LogP contribution >= 0.6 is 0 Å². The number of pyridine rings is 1. The largest absolute Gasteiger partial charge is 0.362 e. The van der Waals surface area contributed by atoms with Crippen LogP contribution in [0.15, 0.2) is 84.7 Å². The average Bonchev–Trinajstić information content (AvgIpc) is 3.05. The first-order chi connectivity index (χ1) is 14.7. The Kier molecular flexibility index (Phi) is 4.64. The minimum Gasteiger partial charge on any atom is -0.362 e. The van der Waals surface area contributed by atoms with Crippen molar-refractivity contribution in [3.63, 3.8) is 0 Å². The Labute approximate surface area is 175 Å².